The maximum absolute atomic E-state index is 11.8. The number of thiazole rings is 1. The fourth-order valence-corrected chi connectivity index (χ4v) is 2.81. The van der Waals surface area contributed by atoms with Gasteiger partial charge in [-0.25, -0.2) is 4.98 Å². The minimum atomic E-state index is -0.00393. The second-order valence-electron chi connectivity index (χ2n) is 3.65. The summed E-state index contributed by atoms with van der Waals surface area (Å²) in [6.07, 6.45) is 2.34. The van der Waals surface area contributed by atoms with Crippen LogP contribution < -0.4 is 5.32 Å². The first-order valence-corrected chi connectivity index (χ1v) is 7.41. The second kappa shape index (κ2) is 6.91. The lowest BCUT2D eigenvalue weighted by molar-refractivity contribution is -0.115. The average molecular weight is 258 g/mol. The molecule has 1 rings (SSSR count). The quantitative estimate of drug-likeness (QED) is 0.796. The summed E-state index contributed by atoms with van der Waals surface area (Å²) in [4.78, 5) is 16.0. The maximum atomic E-state index is 11.8. The number of hydrogen-bond acceptors (Lipinski definition) is 4. The van der Waals surface area contributed by atoms with Crippen molar-refractivity contribution in [2.75, 3.05) is 11.1 Å². The molecule has 0 fully saturated rings. The van der Waals surface area contributed by atoms with Gasteiger partial charge in [0.1, 0.15) is 0 Å². The summed E-state index contributed by atoms with van der Waals surface area (Å²) in [6.45, 7) is 6.02. The van der Waals surface area contributed by atoms with Gasteiger partial charge in [-0.05, 0) is 26.0 Å². The molecule has 1 unspecified atom stereocenters. The van der Waals surface area contributed by atoms with Gasteiger partial charge in [0.25, 0.3) is 0 Å². The molecule has 0 saturated heterocycles. The Morgan fingerprint density at radius 2 is 2.44 bits per heavy atom. The van der Waals surface area contributed by atoms with Crippen molar-refractivity contribution in [1.82, 2.24) is 4.98 Å². The Balaban J connectivity index is 2.34. The van der Waals surface area contributed by atoms with Crippen LogP contribution in [0.1, 0.15) is 32.4 Å². The number of anilines is 1. The minimum Gasteiger partial charge on any atom is -0.301 e. The van der Waals surface area contributed by atoms with E-state index in [4.69, 9.17) is 0 Å². The van der Waals surface area contributed by atoms with Crippen molar-refractivity contribution >= 4 is 34.1 Å². The topological polar surface area (TPSA) is 42.0 Å². The van der Waals surface area contributed by atoms with Crippen molar-refractivity contribution in [3.05, 3.63) is 11.1 Å². The third-order valence-corrected chi connectivity index (χ3v) is 4.20. The molecule has 90 valence electrons. The fourth-order valence-electron chi connectivity index (χ4n) is 1.10. The minimum absolute atomic E-state index is 0.00393. The molecule has 0 bridgehead atoms. The van der Waals surface area contributed by atoms with E-state index in [1.54, 1.807) is 11.8 Å². The number of aryl methyl sites for hydroxylation is 1. The zero-order valence-electron chi connectivity index (χ0n) is 9.95. The normalized spacial score (nSPS) is 12.4. The monoisotopic (exact) mass is 258 g/mol. The van der Waals surface area contributed by atoms with E-state index < -0.39 is 0 Å². The number of rotatable bonds is 6. The molecule has 0 aliphatic heterocycles. The first-order valence-electron chi connectivity index (χ1n) is 5.48. The van der Waals surface area contributed by atoms with Crippen LogP contribution in [-0.2, 0) is 4.79 Å². The molecule has 0 saturated carbocycles. The summed E-state index contributed by atoms with van der Waals surface area (Å²) in [6, 6.07) is 0. The van der Waals surface area contributed by atoms with E-state index in [1.165, 1.54) is 24.2 Å². The van der Waals surface area contributed by atoms with Gasteiger partial charge in [-0.2, -0.15) is 0 Å². The van der Waals surface area contributed by atoms with E-state index in [0.29, 0.717) is 5.13 Å². The third kappa shape index (κ3) is 4.53. The van der Waals surface area contributed by atoms with E-state index in [1.807, 2.05) is 19.2 Å². The molecule has 1 N–H and O–H groups in total. The zero-order valence-corrected chi connectivity index (χ0v) is 11.6. The van der Waals surface area contributed by atoms with Gasteiger partial charge in [-0.1, -0.05) is 13.3 Å². The Kier molecular flexibility index (Phi) is 5.84. The van der Waals surface area contributed by atoms with Gasteiger partial charge in [0, 0.05) is 5.38 Å². The number of unbranched alkanes of at least 4 members (excludes halogenated alkanes) is 1. The SMILES string of the molecule is CCCCSC(C)C(=O)Nc1nc(C)cs1. The van der Waals surface area contributed by atoms with E-state index >= 15 is 0 Å². The summed E-state index contributed by atoms with van der Waals surface area (Å²) >= 11 is 3.17. The molecule has 0 aliphatic carbocycles. The molecule has 1 aromatic rings. The van der Waals surface area contributed by atoms with Crippen molar-refractivity contribution < 1.29 is 4.79 Å². The predicted octanol–water partition coefficient (Wildman–Crippen LogP) is 3.31. The molecule has 16 heavy (non-hydrogen) atoms. The molecular weight excluding hydrogens is 240 g/mol. The summed E-state index contributed by atoms with van der Waals surface area (Å²) in [5.41, 5.74) is 0.951. The molecule has 0 spiro atoms. The van der Waals surface area contributed by atoms with Crippen LogP contribution >= 0.6 is 23.1 Å². The first kappa shape index (κ1) is 13.5. The van der Waals surface area contributed by atoms with Crippen LogP contribution in [0, 0.1) is 6.92 Å². The lowest BCUT2D eigenvalue weighted by Crippen LogP contribution is -2.22. The van der Waals surface area contributed by atoms with Crippen LogP contribution in [0.3, 0.4) is 0 Å². The van der Waals surface area contributed by atoms with Crippen molar-refractivity contribution in [2.45, 2.75) is 38.9 Å². The number of amides is 1. The van der Waals surface area contributed by atoms with Crippen molar-refractivity contribution in [3.63, 3.8) is 0 Å². The fraction of sp³-hybridized carbons (Fsp3) is 0.636. The Bertz CT molecular complexity index is 338. The van der Waals surface area contributed by atoms with Crippen LogP contribution in [0.5, 0.6) is 0 Å². The van der Waals surface area contributed by atoms with Gasteiger partial charge >= 0.3 is 0 Å². The predicted molar refractivity (Wildman–Crippen MR) is 72.3 cm³/mol. The van der Waals surface area contributed by atoms with Gasteiger partial charge in [-0.3, -0.25) is 4.79 Å². The molecule has 0 radical (unpaired) electrons. The average Bonchev–Trinajstić information content (AvgIpc) is 2.64. The molecule has 0 aromatic carbocycles. The van der Waals surface area contributed by atoms with Crippen molar-refractivity contribution in [3.8, 4) is 0 Å². The van der Waals surface area contributed by atoms with E-state index in [0.717, 1.165) is 11.4 Å². The van der Waals surface area contributed by atoms with Crippen LogP contribution in [0.2, 0.25) is 0 Å². The molecule has 1 heterocycles. The molecule has 3 nitrogen and oxygen atoms in total. The number of thioether (sulfide) groups is 1. The van der Waals surface area contributed by atoms with Crippen molar-refractivity contribution in [1.29, 1.82) is 0 Å². The lowest BCUT2D eigenvalue weighted by Gasteiger charge is -2.09. The summed E-state index contributed by atoms with van der Waals surface area (Å²) in [5.74, 6) is 1.09. The highest BCUT2D eigenvalue weighted by atomic mass is 32.2. The molecule has 1 atom stereocenters. The van der Waals surface area contributed by atoms with E-state index in [2.05, 4.69) is 17.2 Å². The molecular formula is C11H18N2OS2. The largest absolute Gasteiger partial charge is 0.301 e. The van der Waals surface area contributed by atoms with E-state index in [-0.39, 0.29) is 11.2 Å². The number of aromatic nitrogens is 1. The van der Waals surface area contributed by atoms with Gasteiger partial charge in [0.15, 0.2) is 5.13 Å². The summed E-state index contributed by atoms with van der Waals surface area (Å²) in [7, 11) is 0. The van der Waals surface area contributed by atoms with Crippen molar-refractivity contribution in [2.24, 2.45) is 0 Å². The zero-order chi connectivity index (χ0) is 12.0. The molecule has 0 aliphatic rings. The summed E-state index contributed by atoms with van der Waals surface area (Å²) < 4.78 is 0. The number of carbonyl (C=O) groups is 1. The lowest BCUT2D eigenvalue weighted by atomic mass is 10.4. The smallest absolute Gasteiger partial charge is 0.238 e. The number of carbonyl (C=O) groups excluding carboxylic acids is 1. The third-order valence-electron chi connectivity index (χ3n) is 2.08. The Labute approximate surface area is 105 Å². The van der Waals surface area contributed by atoms with Crippen LogP contribution in [-0.4, -0.2) is 21.9 Å². The van der Waals surface area contributed by atoms with Gasteiger partial charge < -0.3 is 5.32 Å². The number of nitrogens with one attached hydrogen (secondary N) is 1. The Morgan fingerprint density at radius 3 is 3.00 bits per heavy atom. The van der Waals surface area contributed by atoms with Crippen LogP contribution in [0.15, 0.2) is 5.38 Å². The second-order valence-corrected chi connectivity index (χ2v) is 5.96. The van der Waals surface area contributed by atoms with Gasteiger partial charge in [0.05, 0.1) is 10.9 Å². The molecule has 1 aromatic heterocycles. The highest BCUT2D eigenvalue weighted by molar-refractivity contribution is 8.00. The standard InChI is InChI=1S/C11H18N2OS2/c1-4-5-6-15-9(3)10(14)13-11-12-8(2)7-16-11/h7,9H,4-6H2,1-3H3,(H,12,13,14). The Hall–Kier alpha value is -0.550. The number of hydrogen-bond donors (Lipinski definition) is 1. The first-order chi connectivity index (χ1) is 7.63. The molecule has 1 amide bonds. The highest BCUT2D eigenvalue weighted by Crippen LogP contribution is 2.18. The number of nitrogens with zero attached hydrogens (tertiary/aromatic N) is 1. The van der Waals surface area contributed by atoms with Crippen LogP contribution in [0.25, 0.3) is 0 Å². The Morgan fingerprint density at radius 1 is 1.69 bits per heavy atom. The van der Waals surface area contributed by atoms with Gasteiger partial charge in [0.2, 0.25) is 5.91 Å². The highest BCUT2D eigenvalue weighted by Gasteiger charge is 2.14. The van der Waals surface area contributed by atoms with E-state index in [9.17, 15) is 4.79 Å². The molecule has 5 heteroatoms. The maximum Gasteiger partial charge on any atom is 0.238 e. The van der Waals surface area contributed by atoms with Crippen LogP contribution in [0.4, 0.5) is 5.13 Å². The van der Waals surface area contributed by atoms with Gasteiger partial charge in [-0.15, -0.1) is 23.1 Å². The summed E-state index contributed by atoms with van der Waals surface area (Å²) in [5, 5.41) is 5.47.